The summed E-state index contributed by atoms with van der Waals surface area (Å²) in [6, 6.07) is 2.75. The highest BCUT2D eigenvalue weighted by Crippen LogP contribution is 2.35. The van der Waals surface area contributed by atoms with E-state index >= 15 is 0 Å². The van der Waals surface area contributed by atoms with Crippen molar-refractivity contribution in [1.82, 2.24) is 5.32 Å². The first-order chi connectivity index (χ1) is 9.74. The van der Waals surface area contributed by atoms with Crippen LogP contribution in [0.25, 0.3) is 0 Å². The number of amides is 1. The van der Waals surface area contributed by atoms with Gasteiger partial charge < -0.3 is 10.1 Å². The number of methoxy groups -OCH3 is 1. The van der Waals surface area contributed by atoms with Crippen LogP contribution in [0, 0.1) is 0 Å². The molecule has 1 aromatic rings. The molecule has 1 amide bonds. The zero-order valence-corrected chi connectivity index (χ0v) is 15.1. The van der Waals surface area contributed by atoms with E-state index in [4.69, 9.17) is 15.4 Å². The van der Waals surface area contributed by atoms with Crippen molar-refractivity contribution in [2.45, 2.75) is 37.6 Å². The average molecular weight is 399 g/mol. The first-order valence-electron chi connectivity index (χ1n) is 6.37. The SMILES string of the molecule is CCC(CC)NC(=O)c1cc(Br)c(OC)c(S(=O)(=O)Cl)c1. The van der Waals surface area contributed by atoms with Crippen LogP contribution in [0.4, 0.5) is 0 Å². The molecule has 0 aliphatic heterocycles. The van der Waals surface area contributed by atoms with E-state index < -0.39 is 9.05 Å². The number of rotatable bonds is 6. The minimum Gasteiger partial charge on any atom is -0.494 e. The Bertz CT molecular complexity index is 629. The van der Waals surface area contributed by atoms with E-state index in [9.17, 15) is 13.2 Å². The van der Waals surface area contributed by atoms with Crippen molar-refractivity contribution < 1.29 is 17.9 Å². The summed E-state index contributed by atoms with van der Waals surface area (Å²) in [6.07, 6.45) is 1.58. The maximum atomic E-state index is 12.2. The second-order valence-electron chi connectivity index (χ2n) is 4.41. The Hall–Kier alpha value is -0.790. The van der Waals surface area contributed by atoms with Gasteiger partial charge in [-0.2, -0.15) is 0 Å². The largest absolute Gasteiger partial charge is 0.494 e. The van der Waals surface area contributed by atoms with Crippen LogP contribution in [0.2, 0.25) is 0 Å². The molecule has 0 aromatic heterocycles. The van der Waals surface area contributed by atoms with Gasteiger partial charge in [-0.25, -0.2) is 8.42 Å². The minimum atomic E-state index is -4.03. The molecule has 0 saturated heterocycles. The van der Waals surface area contributed by atoms with Crippen LogP contribution >= 0.6 is 26.6 Å². The number of hydrogen-bond acceptors (Lipinski definition) is 4. The van der Waals surface area contributed by atoms with Gasteiger partial charge in [0.05, 0.1) is 11.6 Å². The lowest BCUT2D eigenvalue weighted by Crippen LogP contribution is -2.33. The van der Waals surface area contributed by atoms with Gasteiger partial charge in [0.2, 0.25) is 0 Å². The van der Waals surface area contributed by atoms with Crippen molar-refractivity contribution in [1.29, 1.82) is 0 Å². The summed E-state index contributed by atoms with van der Waals surface area (Å²) in [4.78, 5) is 12.0. The first kappa shape index (κ1) is 18.3. The molecular weight excluding hydrogens is 382 g/mol. The molecule has 1 rings (SSSR count). The third-order valence-electron chi connectivity index (χ3n) is 3.06. The lowest BCUT2D eigenvalue weighted by molar-refractivity contribution is 0.0934. The number of halogens is 2. The zero-order valence-electron chi connectivity index (χ0n) is 11.9. The fraction of sp³-hybridized carbons (Fsp3) is 0.462. The van der Waals surface area contributed by atoms with E-state index in [1.54, 1.807) is 0 Å². The monoisotopic (exact) mass is 397 g/mol. The van der Waals surface area contributed by atoms with Crippen molar-refractivity contribution in [2.75, 3.05) is 7.11 Å². The second-order valence-corrected chi connectivity index (χ2v) is 7.80. The highest BCUT2D eigenvalue weighted by atomic mass is 79.9. The smallest absolute Gasteiger partial charge is 0.265 e. The molecule has 118 valence electrons. The minimum absolute atomic E-state index is 0.0365. The highest BCUT2D eigenvalue weighted by molar-refractivity contribution is 9.10. The fourth-order valence-corrected chi connectivity index (χ4v) is 3.62. The van der Waals surface area contributed by atoms with Crippen molar-refractivity contribution >= 4 is 41.6 Å². The Morgan fingerprint density at radius 1 is 1.38 bits per heavy atom. The van der Waals surface area contributed by atoms with Gasteiger partial charge in [-0.15, -0.1) is 0 Å². The maximum Gasteiger partial charge on any atom is 0.265 e. The zero-order chi connectivity index (χ0) is 16.2. The standard InChI is InChI=1S/C13H17BrClNO4S/c1-4-9(5-2)16-13(17)8-6-10(14)12(20-3)11(7-8)21(15,18)19/h6-7,9H,4-5H2,1-3H3,(H,16,17). The van der Waals surface area contributed by atoms with Crippen LogP contribution < -0.4 is 10.1 Å². The Morgan fingerprint density at radius 3 is 2.38 bits per heavy atom. The molecule has 0 aliphatic rings. The molecule has 5 nitrogen and oxygen atoms in total. The second kappa shape index (κ2) is 7.47. The van der Waals surface area contributed by atoms with Gasteiger partial charge in [-0.05, 0) is 40.9 Å². The van der Waals surface area contributed by atoms with E-state index in [1.807, 2.05) is 13.8 Å². The van der Waals surface area contributed by atoms with E-state index in [2.05, 4.69) is 21.2 Å². The average Bonchev–Trinajstić information content (AvgIpc) is 2.42. The number of nitrogens with one attached hydrogen (secondary N) is 1. The molecular formula is C13H17BrClNO4S. The van der Waals surface area contributed by atoms with Gasteiger partial charge in [-0.1, -0.05) is 13.8 Å². The lowest BCUT2D eigenvalue weighted by atomic mass is 10.1. The number of carbonyl (C=O) groups is 1. The lowest BCUT2D eigenvalue weighted by Gasteiger charge is -2.16. The van der Waals surface area contributed by atoms with E-state index in [1.165, 1.54) is 19.2 Å². The van der Waals surface area contributed by atoms with Crippen molar-refractivity contribution in [3.05, 3.63) is 22.2 Å². The molecule has 0 atom stereocenters. The summed E-state index contributed by atoms with van der Waals surface area (Å²) >= 11 is 3.19. The molecule has 21 heavy (non-hydrogen) atoms. The molecule has 0 aliphatic carbocycles. The summed E-state index contributed by atoms with van der Waals surface area (Å²) in [5.41, 5.74) is 0.203. The van der Waals surface area contributed by atoms with E-state index in [-0.39, 0.29) is 28.2 Å². The van der Waals surface area contributed by atoms with Crippen molar-refractivity contribution in [3.8, 4) is 5.75 Å². The summed E-state index contributed by atoms with van der Waals surface area (Å²) < 4.78 is 28.6. The Balaban J connectivity index is 3.28. The van der Waals surface area contributed by atoms with Gasteiger partial charge in [0.15, 0.2) is 5.75 Å². The predicted octanol–water partition coefficient (Wildman–Crippen LogP) is 3.30. The number of carbonyl (C=O) groups excluding carboxylic acids is 1. The van der Waals surface area contributed by atoms with Crippen LogP contribution in [-0.4, -0.2) is 27.5 Å². The van der Waals surface area contributed by atoms with E-state index in [0.29, 0.717) is 4.47 Å². The molecule has 0 heterocycles. The normalized spacial score (nSPS) is 11.5. The van der Waals surface area contributed by atoms with E-state index in [0.717, 1.165) is 12.8 Å². The van der Waals surface area contributed by atoms with Crippen molar-refractivity contribution in [3.63, 3.8) is 0 Å². The number of benzene rings is 1. The van der Waals surface area contributed by atoms with Crippen molar-refractivity contribution in [2.24, 2.45) is 0 Å². The Morgan fingerprint density at radius 2 is 1.95 bits per heavy atom. The predicted molar refractivity (Wildman–Crippen MR) is 85.6 cm³/mol. The summed E-state index contributed by atoms with van der Waals surface area (Å²) in [5, 5.41) is 2.84. The molecule has 0 bridgehead atoms. The summed E-state index contributed by atoms with van der Waals surface area (Å²) in [6.45, 7) is 3.93. The Labute approximate surface area is 137 Å². The van der Waals surface area contributed by atoms with Crippen LogP contribution in [0.15, 0.2) is 21.5 Å². The van der Waals surface area contributed by atoms with Crippen LogP contribution in [0.1, 0.15) is 37.0 Å². The molecule has 0 spiro atoms. The van der Waals surface area contributed by atoms with Gasteiger partial charge >= 0.3 is 0 Å². The topological polar surface area (TPSA) is 72.5 Å². The first-order valence-corrected chi connectivity index (χ1v) is 9.47. The molecule has 1 aromatic carbocycles. The molecule has 0 radical (unpaired) electrons. The fourth-order valence-electron chi connectivity index (χ4n) is 1.84. The highest BCUT2D eigenvalue weighted by Gasteiger charge is 2.23. The summed E-state index contributed by atoms with van der Waals surface area (Å²) in [5.74, 6) is -0.280. The molecule has 0 unspecified atom stereocenters. The van der Waals surface area contributed by atoms with Gasteiger partial charge in [0.25, 0.3) is 15.0 Å². The summed E-state index contributed by atoms with van der Waals surface area (Å²) in [7, 11) is 2.69. The Kier molecular flexibility index (Phi) is 6.49. The van der Waals surface area contributed by atoms with Crippen LogP contribution in [-0.2, 0) is 9.05 Å². The maximum absolute atomic E-state index is 12.2. The molecule has 1 N–H and O–H groups in total. The van der Waals surface area contributed by atoms with Crippen LogP contribution in [0.5, 0.6) is 5.75 Å². The third kappa shape index (κ3) is 4.59. The van der Waals surface area contributed by atoms with Crippen LogP contribution in [0.3, 0.4) is 0 Å². The molecule has 8 heteroatoms. The molecule has 0 saturated carbocycles. The number of ether oxygens (including phenoxy) is 1. The van der Waals surface area contributed by atoms with Gasteiger partial charge in [0, 0.05) is 22.3 Å². The van der Waals surface area contributed by atoms with Gasteiger partial charge in [0.1, 0.15) is 4.90 Å². The molecule has 0 fully saturated rings. The quantitative estimate of drug-likeness (QED) is 0.746. The number of hydrogen-bond donors (Lipinski definition) is 1. The van der Waals surface area contributed by atoms with Gasteiger partial charge in [-0.3, -0.25) is 4.79 Å². The third-order valence-corrected chi connectivity index (χ3v) is 4.98.